The van der Waals surface area contributed by atoms with Gasteiger partial charge in [0.15, 0.2) is 15.0 Å². The van der Waals surface area contributed by atoms with Crippen molar-refractivity contribution in [1.29, 1.82) is 0 Å². The third kappa shape index (κ3) is 4.08. The molecule has 2 aromatic heterocycles. The molecule has 1 aliphatic heterocycles. The molecule has 0 spiro atoms. The van der Waals surface area contributed by atoms with Gasteiger partial charge in [-0.15, -0.1) is 0 Å². The van der Waals surface area contributed by atoms with Gasteiger partial charge >= 0.3 is 0 Å². The van der Waals surface area contributed by atoms with E-state index in [2.05, 4.69) is 0 Å². The van der Waals surface area contributed by atoms with E-state index < -0.39 is 9.84 Å². The first-order valence-corrected chi connectivity index (χ1v) is 14.0. The first-order valence-electron chi connectivity index (χ1n) is 11.2. The fourth-order valence-corrected chi connectivity index (χ4v) is 7.20. The highest BCUT2D eigenvalue weighted by atomic mass is 32.2. The summed E-state index contributed by atoms with van der Waals surface area (Å²) in [5, 5.41) is 1.66. The van der Waals surface area contributed by atoms with Crippen LogP contribution < -0.4 is 0 Å². The van der Waals surface area contributed by atoms with Crippen molar-refractivity contribution in [2.24, 2.45) is 0 Å². The molecule has 2 atom stereocenters. The van der Waals surface area contributed by atoms with Crippen LogP contribution in [0.4, 0.5) is 0 Å². The quantitative estimate of drug-likeness (QED) is 0.306. The van der Waals surface area contributed by atoms with Gasteiger partial charge in [-0.3, -0.25) is 9.20 Å². The van der Waals surface area contributed by atoms with Crippen molar-refractivity contribution in [2.75, 3.05) is 17.3 Å². The Kier molecular flexibility index (Phi) is 5.78. The maximum absolute atomic E-state index is 13.4. The van der Waals surface area contributed by atoms with Gasteiger partial charge in [0.1, 0.15) is 5.65 Å². The highest BCUT2D eigenvalue weighted by Crippen LogP contribution is 2.30. The Hall–Kier alpha value is -2.65. The van der Waals surface area contributed by atoms with Gasteiger partial charge in [0.05, 0.1) is 33.8 Å². The number of aromatic nitrogens is 3. The Morgan fingerprint density at radius 1 is 1.15 bits per heavy atom. The number of nitrogens with zero attached hydrogens (tertiary/aromatic N) is 4. The van der Waals surface area contributed by atoms with E-state index >= 15 is 0 Å². The molecule has 2 aromatic carbocycles. The smallest absolute Gasteiger partial charge is 0.233 e. The Morgan fingerprint density at radius 3 is 2.61 bits per heavy atom. The summed E-state index contributed by atoms with van der Waals surface area (Å²) in [4.78, 5) is 24.9. The van der Waals surface area contributed by atoms with E-state index in [0.29, 0.717) is 11.6 Å². The lowest BCUT2D eigenvalue weighted by Crippen LogP contribution is -2.47. The van der Waals surface area contributed by atoms with Crippen LogP contribution in [0.2, 0.25) is 0 Å². The number of imidazole rings is 1. The van der Waals surface area contributed by atoms with E-state index in [-0.39, 0.29) is 35.2 Å². The number of sulfone groups is 1. The lowest BCUT2D eigenvalue weighted by Gasteiger charge is -2.33. The predicted octanol–water partition coefficient (Wildman–Crippen LogP) is 3.94. The molecule has 1 fully saturated rings. The lowest BCUT2D eigenvalue weighted by molar-refractivity contribution is -0.132. The summed E-state index contributed by atoms with van der Waals surface area (Å²) >= 11 is 1.38. The van der Waals surface area contributed by atoms with Gasteiger partial charge in [0, 0.05) is 17.5 Å². The third-order valence-corrected chi connectivity index (χ3v) is 9.07. The molecule has 33 heavy (non-hydrogen) atoms. The second-order valence-electron chi connectivity index (χ2n) is 8.57. The predicted molar refractivity (Wildman–Crippen MR) is 132 cm³/mol. The van der Waals surface area contributed by atoms with Crippen LogP contribution in [0.5, 0.6) is 0 Å². The van der Waals surface area contributed by atoms with Gasteiger partial charge < -0.3 is 4.90 Å². The highest BCUT2D eigenvalue weighted by molar-refractivity contribution is 7.99. The molecule has 1 aliphatic rings. The van der Waals surface area contributed by atoms with E-state index in [9.17, 15) is 13.2 Å². The maximum atomic E-state index is 13.4. The standard InChI is InChI=1S/C24H26N4O3S2/c1-3-16(2)27(17-12-13-33(30,31)15-17)22(29)14-32-24-26-19-9-5-4-8-18(19)23-25-20-10-6-7-11-21(20)28(23)24/h4-11,16-17H,3,12-15H2,1-2H3. The summed E-state index contributed by atoms with van der Waals surface area (Å²) in [7, 11) is -3.08. The van der Waals surface area contributed by atoms with Gasteiger partial charge in [-0.05, 0) is 44.0 Å². The Morgan fingerprint density at radius 2 is 1.88 bits per heavy atom. The zero-order chi connectivity index (χ0) is 23.2. The highest BCUT2D eigenvalue weighted by Gasteiger charge is 2.36. The van der Waals surface area contributed by atoms with E-state index in [0.717, 1.165) is 34.0 Å². The molecule has 5 rings (SSSR count). The second kappa shape index (κ2) is 8.61. The molecule has 2 unspecified atom stereocenters. The zero-order valence-corrected chi connectivity index (χ0v) is 20.3. The molecule has 0 aliphatic carbocycles. The Balaban J connectivity index is 1.51. The summed E-state index contributed by atoms with van der Waals surface area (Å²) < 4.78 is 26.1. The number of carbonyl (C=O) groups is 1. The average molecular weight is 483 g/mol. The molecule has 1 amide bonds. The minimum atomic E-state index is -3.08. The van der Waals surface area contributed by atoms with Crippen LogP contribution in [-0.4, -0.2) is 62.9 Å². The van der Waals surface area contributed by atoms with Crippen molar-refractivity contribution in [1.82, 2.24) is 19.3 Å². The van der Waals surface area contributed by atoms with Crippen LogP contribution in [-0.2, 0) is 14.6 Å². The lowest BCUT2D eigenvalue weighted by atomic mass is 10.1. The van der Waals surface area contributed by atoms with Crippen LogP contribution in [0.1, 0.15) is 26.7 Å². The molecule has 172 valence electrons. The molecule has 0 bridgehead atoms. The molecule has 7 nitrogen and oxygen atoms in total. The van der Waals surface area contributed by atoms with Crippen LogP contribution >= 0.6 is 11.8 Å². The van der Waals surface area contributed by atoms with Gasteiger partial charge in [-0.2, -0.15) is 0 Å². The van der Waals surface area contributed by atoms with Crippen LogP contribution in [0.15, 0.2) is 53.7 Å². The SMILES string of the molecule is CCC(C)N(C(=O)CSc1nc2ccccc2c2nc3ccccc3n12)C1CCS(=O)(=O)C1. The molecule has 3 heterocycles. The number of benzene rings is 2. The largest absolute Gasteiger partial charge is 0.335 e. The molecule has 9 heteroatoms. The molecule has 0 N–H and O–H groups in total. The van der Waals surface area contributed by atoms with Crippen molar-refractivity contribution >= 4 is 55.1 Å². The second-order valence-corrected chi connectivity index (χ2v) is 11.7. The first-order chi connectivity index (χ1) is 15.9. The van der Waals surface area contributed by atoms with Crippen LogP contribution in [0.3, 0.4) is 0 Å². The van der Waals surface area contributed by atoms with Gasteiger partial charge in [0.25, 0.3) is 0 Å². The minimum Gasteiger partial charge on any atom is -0.335 e. The monoisotopic (exact) mass is 482 g/mol. The molecule has 0 saturated carbocycles. The number of carbonyl (C=O) groups excluding carboxylic acids is 1. The number of rotatable bonds is 6. The molecule has 4 aromatic rings. The van der Waals surface area contributed by atoms with Gasteiger partial charge in [0.2, 0.25) is 5.91 Å². The van der Waals surface area contributed by atoms with E-state index in [1.54, 1.807) is 4.90 Å². The first kappa shape index (κ1) is 22.2. The van der Waals surface area contributed by atoms with Gasteiger partial charge in [-0.25, -0.2) is 18.4 Å². The van der Waals surface area contributed by atoms with Crippen molar-refractivity contribution < 1.29 is 13.2 Å². The number of thioether (sulfide) groups is 1. The summed E-state index contributed by atoms with van der Waals surface area (Å²) in [6.07, 6.45) is 1.28. The summed E-state index contributed by atoms with van der Waals surface area (Å²) in [6.45, 7) is 4.01. The minimum absolute atomic E-state index is 0.0185. The summed E-state index contributed by atoms with van der Waals surface area (Å²) in [5.74, 6) is 0.342. The number of fused-ring (bicyclic) bond motifs is 5. The molecular formula is C24H26N4O3S2. The summed E-state index contributed by atoms with van der Waals surface area (Å²) in [5.41, 5.74) is 3.47. The molecule has 0 radical (unpaired) electrons. The number of hydrogen-bond acceptors (Lipinski definition) is 6. The number of para-hydroxylation sites is 3. The Labute approximate surface area is 197 Å². The Bertz CT molecular complexity index is 1460. The van der Waals surface area contributed by atoms with Crippen molar-refractivity contribution in [3.8, 4) is 0 Å². The average Bonchev–Trinajstić information content (AvgIpc) is 3.37. The van der Waals surface area contributed by atoms with Crippen molar-refractivity contribution in [3.05, 3.63) is 48.5 Å². The van der Waals surface area contributed by atoms with E-state index in [1.165, 1.54) is 11.8 Å². The fourth-order valence-electron chi connectivity index (χ4n) is 4.61. The van der Waals surface area contributed by atoms with E-state index in [4.69, 9.17) is 9.97 Å². The maximum Gasteiger partial charge on any atom is 0.233 e. The van der Waals surface area contributed by atoms with Crippen molar-refractivity contribution in [2.45, 2.75) is 43.9 Å². The van der Waals surface area contributed by atoms with Gasteiger partial charge in [-0.1, -0.05) is 43.0 Å². The third-order valence-electron chi connectivity index (χ3n) is 6.39. The van der Waals surface area contributed by atoms with Crippen LogP contribution in [0, 0.1) is 0 Å². The zero-order valence-electron chi connectivity index (χ0n) is 18.6. The summed E-state index contributed by atoms with van der Waals surface area (Å²) in [6, 6.07) is 15.5. The number of amides is 1. The number of hydrogen-bond donors (Lipinski definition) is 0. The fraction of sp³-hybridized carbons (Fsp3) is 0.375. The molecular weight excluding hydrogens is 456 g/mol. The molecule has 1 saturated heterocycles. The van der Waals surface area contributed by atoms with Crippen LogP contribution in [0.25, 0.3) is 27.6 Å². The topological polar surface area (TPSA) is 84.6 Å². The normalized spacial score (nSPS) is 18.8. The van der Waals surface area contributed by atoms with Crippen molar-refractivity contribution in [3.63, 3.8) is 0 Å². The van der Waals surface area contributed by atoms with E-state index in [1.807, 2.05) is 66.8 Å².